The van der Waals surface area contributed by atoms with E-state index in [1.807, 2.05) is 38.1 Å². The van der Waals surface area contributed by atoms with Crippen LogP contribution >= 0.6 is 0 Å². The topological polar surface area (TPSA) is 395 Å². The lowest BCUT2D eigenvalue weighted by Crippen LogP contribution is -2.56. The number of benzene rings is 2. The number of nitrogens with two attached hydrogens (primary N) is 2. The van der Waals surface area contributed by atoms with Crippen LogP contribution in [0, 0.1) is 29.6 Å². The fourth-order valence-corrected chi connectivity index (χ4v) is 11.7. The number of hydrogen-bond acceptors (Lipinski definition) is 14. The SMILES string of the molecule is CN=C(N)NCCC[C@H](CC(=O)[C@@H](/C=C/CCC(=O)[C@H](CC1CCCCC1)NC(=O)[C@@H](CC(=O)[C@H](CCC(=O)O)NC(=O)[C@@H]1C[C@@H](O)CN1C(=O)[C@@H](Cc1ccc(O)cc1)NC(C)=O)[C@@H](C)O)CC(C)C)C(=O)N[C@@H](Cc1c[nH]c2ccccc12)C(N)=O. The Labute approximate surface area is 514 Å². The number of aliphatic carboxylic acids is 1. The Hall–Kier alpha value is -7.99. The molecule has 2 heterocycles. The highest BCUT2D eigenvalue weighted by molar-refractivity contribution is 5.98. The summed E-state index contributed by atoms with van der Waals surface area (Å²) in [6.45, 7) is 6.48. The molecule has 1 saturated heterocycles. The lowest BCUT2D eigenvalue weighted by molar-refractivity contribution is -0.142. The molecule has 6 amide bonds. The highest BCUT2D eigenvalue weighted by atomic mass is 16.4. The average molecular weight is 1230 g/mol. The van der Waals surface area contributed by atoms with Crippen molar-refractivity contribution in [2.24, 2.45) is 46.0 Å². The molecule has 0 bridgehead atoms. The highest BCUT2D eigenvalue weighted by Gasteiger charge is 2.43. The van der Waals surface area contributed by atoms with E-state index < -0.39 is 127 Å². The van der Waals surface area contributed by atoms with Gasteiger partial charge in [0.15, 0.2) is 17.5 Å². The number of aliphatic hydroxyl groups excluding tert-OH is 2. The second-order valence-electron chi connectivity index (χ2n) is 24.1. The number of carboxylic acids is 1. The zero-order chi connectivity index (χ0) is 64.6. The van der Waals surface area contributed by atoms with Gasteiger partial charge in [-0.1, -0.05) is 88.4 Å². The van der Waals surface area contributed by atoms with Gasteiger partial charge >= 0.3 is 5.97 Å². The molecule has 1 saturated carbocycles. The quantitative estimate of drug-likeness (QED) is 0.0172. The van der Waals surface area contributed by atoms with Crippen LogP contribution in [0.4, 0.5) is 0 Å². The van der Waals surface area contributed by atoms with Crippen molar-refractivity contribution in [1.29, 1.82) is 0 Å². The molecule has 24 nitrogen and oxygen atoms in total. The number of rotatable bonds is 36. The van der Waals surface area contributed by atoms with Gasteiger partial charge in [-0.15, -0.1) is 0 Å². The first-order valence-corrected chi connectivity index (χ1v) is 30.7. The van der Waals surface area contributed by atoms with Crippen molar-refractivity contribution in [2.45, 2.75) is 186 Å². The molecule has 14 N–H and O–H groups in total. The molecule has 10 atom stereocenters. The molecular weight excluding hydrogens is 1130 g/mol. The number of para-hydroxylation sites is 1. The number of hydrogen-bond donors (Lipinski definition) is 12. The van der Waals surface area contributed by atoms with Gasteiger partial charge in [0.2, 0.25) is 35.4 Å². The van der Waals surface area contributed by atoms with E-state index >= 15 is 0 Å². The van der Waals surface area contributed by atoms with Crippen LogP contribution in [0.2, 0.25) is 0 Å². The predicted octanol–water partition coefficient (Wildman–Crippen LogP) is 3.31. The van der Waals surface area contributed by atoms with Crippen LogP contribution in [0.15, 0.2) is 71.9 Å². The van der Waals surface area contributed by atoms with Crippen LogP contribution in [0.3, 0.4) is 0 Å². The van der Waals surface area contributed by atoms with E-state index in [4.69, 9.17) is 11.5 Å². The van der Waals surface area contributed by atoms with E-state index in [0.717, 1.165) is 53.5 Å². The minimum absolute atomic E-state index is 0.0241. The second kappa shape index (κ2) is 35.1. The van der Waals surface area contributed by atoms with Gasteiger partial charge in [-0.05, 0) is 86.6 Å². The number of fused-ring (bicyclic) bond motifs is 1. The number of guanidine groups is 1. The third-order valence-electron chi connectivity index (χ3n) is 16.5. The molecule has 2 aromatic carbocycles. The van der Waals surface area contributed by atoms with Crippen LogP contribution < -0.4 is 38.1 Å². The maximum absolute atomic E-state index is 14.3. The number of aliphatic hydroxyl groups is 2. The molecule has 482 valence electrons. The molecule has 1 aliphatic heterocycles. The summed E-state index contributed by atoms with van der Waals surface area (Å²) in [6.07, 6.45) is 6.61. The average Bonchev–Trinajstić information content (AvgIpc) is 2.28. The number of carboxylic acid groups (broad SMARTS) is 1. The summed E-state index contributed by atoms with van der Waals surface area (Å²) < 4.78 is 0. The fourth-order valence-electron chi connectivity index (χ4n) is 11.7. The lowest BCUT2D eigenvalue weighted by atomic mass is 9.83. The molecule has 3 aromatic rings. The van der Waals surface area contributed by atoms with E-state index in [0.29, 0.717) is 24.9 Å². The van der Waals surface area contributed by atoms with Crippen LogP contribution in [-0.2, 0) is 60.8 Å². The Bertz CT molecular complexity index is 2940. The number of carbonyl (C=O) groups is 10. The fraction of sp³-hybridized carbons (Fsp3) is 0.578. The standard InChI is InChI=1S/C64H92N10O14/c1-37(2)28-42(56(80)32-43(17-13-27-68-64(66)67-5)60(85)73-52(59(65)84)31-44-35-69-49-19-11-10-18-47(44)49)16-9-12-20-55(79)51(29-40-14-7-6-8-15-40)72-61(86)48(38(3)75)34-57(81)50(25-26-58(82)83)71-62(87)54-33-46(78)36-74(54)63(88)53(70-39(4)76)30-41-21-23-45(77)24-22-41/h9-11,16,18-19,21-24,35,37-38,40,42-43,46,48,50-54,69,75,77-78H,6-8,12-15,17,20,25-34,36H2,1-5H3,(H2,65,84)(H,70,76)(H,71,87)(H,72,86)(H,73,85)(H,82,83)(H3,66,67,68)/b16-9+/t38-,42+,43-,46-,48+,50+,51+,52+,53-,54+/m1/s1. The molecule has 0 spiro atoms. The number of carbonyl (C=O) groups excluding carboxylic acids is 9. The first kappa shape index (κ1) is 70.8. The van der Waals surface area contributed by atoms with E-state index in [9.17, 15) is 68.4 Å². The van der Waals surface area contributed by atoms with Gasteiger partial charge in [-0.3, -0.25) is 52.9 Å². The Balaban J connectivity index is 1.28. The summed E-state index contributed by atoms with van der Waals surface area (Å²) in [6, 6.07) is 7.25. The van der Waals surface area contributed by atoms with Crippen molar-refractivity contribution < 1.29 is 68.4 Å². The number of nitrogens with one attached hydrogen (secondary N) is 6. The molecule has 0 unspecified atom stereocenters. The van der Waals surface area contributed by atoms with Crippen molar-refractivity contribution in [1.82, 2.24) is 36.5 Å². The number of aromatic amines is 1. The predicted molar refractivity (Wildman–Crippen MR) is 330 cm³/mol. The molecule has 1 aliphatic carbocycles. The van der Waals surface area contributed by atoms with Gasteiger partial charge in [-0.25, -0.2) is 0 Å². The third-order valence-corrected chi connectivity index (χ3v) is 16.5. The number of phenolic OH excluding ortho intramolecular Hbond substituents is 1. The van der Waals surface area contributed by atoms with Crippen molar-refractivity contribution in [2.75, 3.05) is 20.1 Å². The van der Waals surface area contributed by atoms with Crippen molar-refractivity contribution in [3.63, 3.8) is 0 Å². The van der Waals surface area contributed by atoms with Gasteiger partial charge < -0.3 is 68.4 Å². The normalized spacial score (nSPS) is 18.3. The zero-order valence-electron chi connectivity index (χ0n) is 51.3. The zero-order valence-corrected chi connectivity index (χ0v) is 51.3. The number of aliphatic imine (C=N–C) groups is 1. The summed E-state index contributed by atoms with van der Waals surface area (Å²) in [5.74, 6) is -9.53. The van der Waals surface area contributed by atoms with Gasteiger partial charge in [0.25, 0.3) is 0 Å². The number of β-amino-alcohol motifs (C(OH)–C–C–N with tert-alkyl or cyclic N) is 1. The summed E-state index contributed by atoms with van der Waals surface area (Å²) >= 11 is 0. The number of ketones is 3. The molecule has 2 fully saturated rings. The minimum Gasteiger partial charge on any atom is -0.508 e. The minimum atomic E-state index is -1.53. The van der Waals surface area contributed by atoms with Gasteiger partial charge in [0.1, 0.15) is 29.7 Å². The molecule has 5 rings (SSSR count). The molecule has 1 aromatic heterocycles. The van der Waals surface area contributed by atoms with E-state index in [-0.39, 0.29) is 93.0 Å². The van der Waals surface area contributed by atoms with E-state index in [2.05, 4.69) is 36.6 Å². The Morgan fingerprint density at radius 2 is 1.49 bits per heavy atom. The van der Waals surface area contributed by atoms with Gasteiger partial charge in [0.05, 0.1) is 30.2 Å². The number of nitrogens with zero attached hydrogens (tertiary/aromatic N) is 2. The number of Topliss-reactive ketones (excluding diaryl/α,β-unsaturated/α-hetero) is 3. The number of likely N-dealkylation sites (tertiary alicyclic amines) is 1. The monoisotopic (exact) mass is 1220 g/mol. The maximum atomic E-state index is 14.3. The summed E-state index contributed by atoms with van der Waals surface area (Å²) in [5, 5.41) is 55.9. The lowest BCUT2D eigenvalue weighted by Gasteiger charge is -2.30. The van der Waals surface area contributed by atoms with Gasteiger partial charge in [0, 0.05) is 101 Å². The molecular formula is C64H92N10O14. The highest BCUT2D eigenvalue weighted by Crippen LogP contribution is 2.30. The Morgan fingerprint density at radius 3 is 2.14 bits per heavy atom. The molecule has 88 heavy (non-hydrogen) atoms. The number of phenols is 1. The van der Waals surface area contributed by atoms with Gasteiger partial charge in [-0.2, -0.15) is 0 Å². The van der Waals surface area contributed by atoms with Crippen molar-refractivity contribution in [3.05, 3.63) is 78.0 Å². The Kier molecular flexibility index (Phi) is 28.2. The number of H-pyrrole nitrogens is 1. The van der Waals surface area contributed by atoms with Crippen LogP contribution in [0.5, 0.6) is 5.75 Å². The number of aromatic hydroxyl groups is 1. The summed E-state index contributed by atoms with van der Waals surface area (Å²) in [7, 11) is 1.53. The summed E-state index contributed by atoms with van der Waals surface area (Å²) in [5.41, 5.74) is 13.9. The largest absolute Gasteiger partial charge is 0.508 e. The smallest absolute Gasteiger partial charge is 0.303 e. The van der Waals surface area contributed by atoms with Crippen LogP contribution in [0.1, 0.15) is 142 Å². The summed E-state index contributed by atoms with van der Waals surface area (Å²) in [4.78, 5) is 145. The first-order valence-electron chi connectivity index (χ1n) is 30.7. The maximum Gasteiger partial charge on any atom is 0.303 e. The van der Waals surface area contributed by atoms with E-state index in [1.54, 1.807) is 30.5 Å². The third kappa shape index (κ3) is 22.6. The van der Waals surface area contributed by atoms with Crippen LogP contribution in [0.25, 0.3) is 10.9 Å². The first-order chi connectivity index (χ1) is 41.8. The number of aromatic nitrogens is 1. The van der Waals surface area contributed by atoms with Crippen molar-refractivity contribution >= 4 is 75.6 Å². The molecule has 0 radical (unpaired) electrons. The molecule has 2 aliphatic rings. The van der Waals surface area contributed by atoms with Crippen LogP contribution in [-0.4, -0.2) is 158 Å². The molecule has 24 heteroatoms. The number of amides is 6. The second-order valence-corrected chi connectivity index (χ2v) is 24.1. The number of primary amides is 1. The van der Waals surface area contributed by atoms with E-state index in [1.165, 1.54) is 33.0 Å². The number of allylic oxidation sites excluding steroid dienone is 2. The Morgan fingerprint density at radius 1 is 0.795 bits per heavy atom. The van der Waals surface area contributed by atoms with Crippen molar-refractivity contribution in [3.8, 4) is 5.75 Å².